The highest BCUT2D eigenvalue weighted by Crippen LogP contribution is 2.43. The van der Waals surface area contributed by atoms with Crippen LogP contribution in [-0.4, -0.2) is 95.7 Å². The lowest BCUT2D eigenvalue weighted by molar-refractivity contribution is -0.893. The van der Waals surface area contributed by atoms with Crippen LogP contribution in [0.15, 0.2) is 64.8 Å². The number of hydrogen-bond donors (Lipinski definition) is 1. The van der Waals surface area contributed by atoms with Gasteiger partial charge in [-0.1, -0.05) is 24.3 Å². The van der Waals surface area contributed by atoms with Crippen LogP contribution in [0.1, 0.15) is 24.0 Å². The number of carboxylic acids is 1. The third-order valence-corrected chi connectivity index (χ3v) is 8.83. The first kappa shape index (κ1) is 32.9. The molecule has 0 bridgehead atoms. The minimum absolute atomic E-state index is 0.110. The number of amides is 1. The highest BCUT2D eigenvalue weighted by Gasteiger charge is 2.54. The zero-order chi connectivity index (χ0) is 32.1. The fourth-order valence-electron chi connectivity index (χ4n) is 5.19. The van der Waals surface area contributed by atoms with Gasteiger partial charge in [0.1, 0.15) is 41.7 Å². The summed E-state index contributed by atoms with van der Waals surface area (Å²) in [4.78, 5) is 41.6. The Morgan fingerprint density at radius 2 is 1.80 bits per heavy atom. The van der Waals surface area contributed by atoms with Crippen LogP contribution in [0.5, 0.6) is 11.5 Å². The van der Waals surface area contributed by atoms with Crippen molar-refractivity contribution >= 4 is 35.8 Å². The molecule has 5 rings (SSSR count). The molecule has 0 radical (unpaired) electrons. The number of phenolic OH excluding ortho intramolecular Hbond substituents is 1. The summed E-state index contributed by atoms with van der Waals surface area (Å²) in [5, 5.41) is 18.5. The molecule has 3 aliphatic heterocycles. The van der Waals surface area contributed by atoms with Gasteiger partial charge < -0.3 is 29.0 Å². The van der Waals surface area contributed by atoms with Gasteiger partial charge in [-0.3, -0.25) is 14.7 Å². The van der Waals surface area contributed by atoms with E-state index in [1.165, 1.54) is 19.1 Å². The van der Waals surface area contributed by atoms with Crippen LogP contribution >= 0.6 is 11.8 Å². The summed E-state index contributed by atoms with van der Waals surface area (Å²) >= 11 is 1.63. The number of aromatic hydroxyl groups is 1. The molecule has 2 atom stereocenters. The van der Waals surface area contributed by atoms with Gasteiger partial charge in [-0.2, -0.15) is 13.2 Å². The number of likely N-dealkylation sites (N-methyl/N-ethyl adjacent to an activating group) is 1. The van der Waals surface area contributed by atoms with Gasteiger partial charge in [0.25, 0.3) is 5.91 Å². The third-order valence-electron chi connectivity index (χ3n) is 7.50. The number of ether oxygens (including phenoxy) is 2. The minimum Gasteiger partial charge on any atom is -0.542 e. The van der Waals surface area contributed by atoms with E-state index in [4.69, 9.17) is 19.4 Å². The summed E-state index contributed by atoms with van der Waals surface area (Å²) in [6, 6.07) is 13.6. The lowest BCUT2D eigenvalue weighted by atomic mass is 10.0. The Bertz CT molecular complexity index is 1440. The molecule has 2 aromatic carbocycles. The van der Waals surface area contributed by atoms with Crippen molar-refractivity contribution in [3.63, 3.8) is 0 Å². The van der Waals surface area contributed by atoms with Crippen LogP contribution in [-0.2, 0) is 25.7 Å². The maximum atomic E-state index is 13.5. The van der Waals surface area contributed by atoms with Gasteiger partial charge in [-0.15, -0.1) is 11.8 Å². The molecule has 44 heavy (non-hydrogen) atoms. The SMILES string of the molecule is COc1ccc(COC(=O)C2=C(C[N+]3(C)CCCC3)CS[C@@H]3[C@H](N=Cc4ccccc4O)C(=O)N23)cc1.O=C([O-])C(F)(F)F. The Morgan fingerprint density at radius 1 is 1.16 bits per heavy atom. The van der Waals surface area contributed by atoms with Crippen molar-refractivity contribution in [2.45, 2.75) is 37.0 Å². The average molecular weight is 636 g/mol. The van der Waals surface area contributed by atoms with E-state index in [0.717, 1.165) is 41.0 Å². The number of fused-ring (bicyclic) bond motifs is 1. The fourth-order valence-corrected chi connectivity index (χ4v) is 6.52. The second kappa shape index (κ2) is 13.7. The Labute approximate surface area is 256 Å². The molecule has 2 aromatic rings. The Balaban J connectivity index is 0.000000566. The number of carboxylic acid groups (broad SMARTS) is 1. The Morgan fingerprint density at radius 3 is 2.39 bits per heavy atom. The van der Waals surface area contributed by atoms with Gasteiger partial charge in [0, 0.05) is 35.9 Å². The molecule has 1 amide bonds. The van der Waals surface area contributed by atoms with Gasteiger partial charge >= 0.3 is 12.1 Å². The number of aliphatic imine (C=N–C) groups is 1. The highest BCUT2D eigenvalue weighted by molar-refractivity contribution is 8.00. The van der Waals surface area contributed by atoms with E-state index in [0.29, 0.717) is 17.0 Å². The summed E-state index contributed by atoms with van der Waals surface area (Å²) in [5.74, 6) is -2.21. The molecule has 0 saturated carbocycles. The van der Waals surface area contributed by atoms with E-state index in [-0.39, 0.29) is 23.6 Å². The number of hydrogen-bond acceptors (Lipinski definition) is 9. The number of methoxy groups -OCH3 is 1. The average Bonchev–Trinajstić information content (AvgIpc) is 3.42. The van der Waals surface area contributed by atoms with Crippen LogP contribution in [0.2, 0.25) is 0 Å². The maximum absolute atomic E-state index is 13.5. The number of halogens is 3. The number of quaternary nitrogens is 1. The second-order valence-corrected chi connectivity index (χ2v) is 11.9. The molecule has 2 fully saturated rings. The van der Waals surface area contributed by atoms with Crippen LogP contribution in [0, 0.1) is 0 Å². The first-order valence-corrected chi connectivity index (χ1v) is 14.8. The lowest BCUT2D eigenvalue weighted by Crippen LogP contribution is -2.64. The van der Waals surface area contributed by atoms with E-state index < -0.39 is 24.2 Å². The van der Waals surface area contributed by atoms with Crippen LogP contribution < -0.4 is 9.84 Å². The monoisotopic (exact) mass is 635 g/mol. The van der Waals surface area contributed by atoms with Crippen molar-refractivity contribution in [2.75, 3.05) is 39.5 Å². The quantitative estimate of drug-likeness (QED) is 0.203. The second-order valence-electron chi connectivity index (χ2n) is 10.8. The summed E-state index contributed by atoms with van der Waals surface area (Å²) in [7, 11) is 3.82. The molecule has 14 heteroatoms. The first-order valence-electron chi connectivity index (χ1n) is 13.7. The van der Waals surface area contributed by atoms with E-state index in [1.807, 2.05) is 24.3 Å². The largest absolute Gasteiger partial charge is 0.542 e. The van der Waals surface area contributed by atoms with Gasteiger partial charge in [-0.05, 0) is 29.8 Å². The number of β-lactam (4-membered cyclic amide) rings is 1. The van der Waals surface area contributed by atoms with E-state index in [1.54, 1.807) is 48.0 Å². The smallest absolute Gasteiger partial charge is 0.430 e. The number of carbonyl (C=O) groups excluding carboxylic acids is 3. The minimum atomic E-state index is -5.19. The zero-order valence-corrected chi connectivity index (χ0v) is 24.9. The van der Waals surface area contributed by atoms with E-state index in [9.17, 15) is 27.9 Å². The van der Waals surface area contributed by atoms with Gasteiger partial charge in [0.2, 0.25) is 0 Å². The standard InChI is InChI=1S/C28H31N3O5S.C2HF3O2/c1-31(13-5-6-14-31)16-21-18-37-27-24(29-15-20-7-3-4-8-23(20)32)26(33)30(27)25(21)28(34)36-17-19-9-11-22(35-2)12-10-19;3-2(4,5)1(6)7/h3-4,7-12,15,24,27H,5-6,13-14,16-18H2,1-2H3;(H,6,7)/t24-,27-;/m1./s1. The Hall–Kier alpha value is -4.04. The van der Waals surface area contributed by atoms with Crippen molar-refractivity contribution < 1.29 is 51.7 Å². The number of aliphatic carboxylic acids is 1. The number of benzene rings is 2. The highest BCUT2D eigenvalue weighted by atomic mass is 32.2. The Kier molecular flexibility index (Phi) is 10.3. The molecular formula is C30H32F3N3O7S. The van der Waals surface area contributed by atoms with Crippen molar-refractivity contribution in [2.24, 2.45) is 4.99 Å². The zero-order valence-electron chi connectivity index (χ0n) is 24.1. The van der Waals surface area contributed by atoms with Gasteiger partial charge in [0.05, 0.1) is 27.2 Å². The molecule has 2 saturated heterocycles. The third kappa shape index (κ3) is 7.72. The molecule has 0 spiro atoms. The molecule has 3 aliphatic rings. The van der Waals surface area contributed by atoms with E-state index >= 15 is 0 Å². The number of para-hydroxylation sites is 1. The number of carbonyl (C=O) groups is 3. The van der Waals surface area contributed by atoms with Gasteiger partial charge in [-0.25, -0.2) is 4.79 Å². The molecule has 10 nitrogen and oxygen atoms in total. The number of likely N-dealkylation sites (tertiary alicyclic amines) is 1. The number of thioether (sulfide) groups is 1. The molecule has 3 heterocycles. The summed E-state index contributed by atoms with van der Waals surface area (Å²) in [5.41, 5.74) is 2.73. The van der Waals surface area contributed by atoms with Crippen molar-refractivity contribution in [3.05, 3.63) is 70.9 Å². The first-order chi connectivity index (χ1) is 20.8. The van der Waals surface area contributed by atoms with E-state index in [2.05, 4.69) is 12.0 Å². The molecule has 0 aliphatic carbocycles. The topological polar surface area (TPSA) is 129 Å². The lowest BCUT2D eigenvalue weighted by Gasteiger charge is -2.48. The molecule has 0 aromatic heterocycles. The fraction of sp³-hybridized carbons (Fsp3) is 0.400. The molecule has 236 valence electrons. The van der Waals surface area contributed by atoms with Crippen LogP contribution in [0.25, 0.3) is 0 Å². The van der Waals surface area contributed by atoms with Crippen molar-refractivity contribution in [1.29, 1.82) is 0 Å². The number of phenols is 1. The summed E-state index contributed by atoms with van der Waals surface area (Å²) < 4.78 is 43.3. The van der Waals surface area contributed by atoms with Crippen molar-refractivity contribution in [1.82, 2.24) is 4.90 Å². The van der Waals surface area contributed by atoms with Crippen LogP contribution in [0.3, 0.4) is 0 Å². The molecule has 0 unspecified atom stereocenters. The molecule has 1 N–H and O–H groups in total. The predicted octanol–water partition coefficient (Wildman–Crippen LogP) is 2.64. The normalized spacial score (nSPS) is 20.8. The van der Waals surface area contributed by atoms with Crippen LogP contribution in [0.4, 0.5) is 13.2 Å². The summed E-state index contributed by atoms with van der Waals surface area (Å²) in [6.45, 7) is 2.96. The molecular weight excluding hydrogens is 603 g/mol. The van der Waals surface area contributed by atoms with Crippen molar-refractivity contribution in [3.8, 4) is 11.5 Å². The maximum Gasteiger partial charge on any atom is 0.430 e. The number of rotatable bonds is 8. The number of nitrogens with zero attached hydrogens (tertiary/aromatic N) is 3. The number of alkyl halides is 3. The summed E-state index contributed by atoms with van der Waals surface area (Å²) in [6.07, 6.45) is -1.32. The number of esters is 1. The predicted molar refractivity (Wildman–Crippen MR) is 153 cm³/mol. The van der Waals surface area contributed by atoms with Gasteiger partial charge in [0.15, 0.2) is 6.04 Å².